The number of halogens is 2. The van der Waals surface area contributed by atoms with Crippen LogP contribution < -0.4 is 0 Å². The lowest BCUT2D eigenvalue weighted by atomic mass is 10.4. The maximum atomic E-state index is 11.3. The summed E-state index contributed by atoms with van der Waals surface area (Å²) in [7, 11) is 1.32. The van der Waals surface area contributed by atoms with Crippen molar-refractivity contribution in [1.82, 2.24) is 14.8 Å². The first kappa shape index (κ1) is 12.3. The first-order chi connectivity index (χ1) is 8.13. The van der Waals surface area contributed by atoms with Crippen LogP contribution in [0.15, 0.2) is 24.7 Å². The van der Waals surface area contributed by atoms with E-state index in [1.54, 1.807) is 12.3 Å². The van der Waals surface area contributed by atoms with Gasteiger partial charge in [-0.3, -0.25) is 0 Å². The van der Waals surface area contributed by atoms with Crippen LogP contribution in [0.2, 0.25) is 5.02 Å². The number of hydrogen-bond acceptors (Lipinski definition) is 4. The van der Waals surface area contributed by atoms with Gasteiger partial charge in [-0.2, -0.15) is 5.10 Å². The van der Waals surface area contributed by atoms with Crippen molar-refractivity contribution in [2.24, 2.45) is 0 Å². The van der Waals surface area contributed by atoms with E-state index < -0.39 is 5.97 Å². The monoisotopic (exact) mass is 363 g/mol. The van der Waals surface area contributed by atoms with Crippen LogP contribution in [0.1, 0.15) is 10.4 Å². The molecule has 0 bridgehead atoms. The summed E-state index contributed by atoms with van der Waals surface area (Å²) in [5.41, 5.74) is 0.351. The van der Waals surface area contributed by atoms with Crippen LogP contribution >= 0.6 is 34.2 Å². The largest absolute Gasteiger partial charge is 0.465 e. The van der Waals surface area contributed by atoms with Crippen LogP contribution in [0.25, 0.3) is 5.82 Å². The molecule has 0 aliphatic carbocycles. The lowest BCUT2D eigenvalue weighted by Gasteiger charge is -2.03. The average molecular weight is 364 g/mol. The number of pyridine rings is 1. The lowest BCUT2D eigenvalue weighted by molar-refractivity contribution is 0.0600. The van der Waals surface area contributed by atoms with Crippen molar-refractivity contribution in [3.63, 3.8) is 0 Å². The van der Waals surface area contributed by atoms with Crippen LogP contribution in [-0.4, -0.2) is 27.8 Å². The number of carbonyl (C=O) groups excluding carboxylic acids is 1. The molecule has 5 nitrogen and oxygen atoms in total. The van der Waals surface area contributed by atoms with E-state index in [0.29, 0.717) is 16.4 Å². The van der Waals surface area contributed by atoms with E-state index in [0.717, 1.165) is 3.57 Å². The highest BCUT2D eigenvalue weighted by molar-refractivity contribution is 14.1. The highest BCUT2D eigenvalue weighted by Crippen LogP contribution is 2.23. The molecule has 0 fully saturated rings. The molecule has 0 saturated carbocycles. The molecule has 0 saturated heterocycles. The first-order valence-corrected chi connectivity index (χ1v) is 6.02. The molecule has 2 heterocycles. The average Bonchev–Trinajstić information content (AvgIpc) is 2.81. The van der Waals surface area contributed by atoms with Gasteiger partial charge in [0.15, 0.2) is 5.82 Å². The standard InChI is InChI=1S/C10H7ClIN3O2/c1-17-10(16)6-4-14-15(5-6)9-8(11)7(12)2-3-13-9/h2-5H,1H3. The van der Waals surface area contributed by atoms with Gasteiger partial charge < -0.3 is 4.74 Å². The number of ether oxygens (including phenoxy) is 1. The minimum absolute atomic E-state index is 0.351. The Kier molecular flexibility index (Phi) is 3.63. The second-order valence-corrected chi connectivity index (χ2v) is 4.64. The first-order valence-electron chi connectivity index (χ1n) is 4.57. The molecule has 0 aromatic carbocycles. The fraction of sp³-hybridized carbons (Fsp3) is 0.100. The zero-order chi connectivity index (χ0) is 12.4. The summed E-state index contributed by atoms with van der Waals surface area (Å²) in [6.45, 7) is 0. The van der Waals surface area contributed by atoms with Crippen molar-refractivity contribution in [1.29, 1.82) is 0 Å². The van der Waals surface area contributed by atoms with Crippen LogP contribution in [0.4, 0.5) is 0 Å². The van der Waals surface area contributed by atoms with Crippen molar-refractivity contribution in [3.05, 3.63) is 38.8 Å². The molecule has 17 heavy (non-hydrogen) atoms. The van der Waals surface area contributed by atoms with Gasteiger partial charge in [0, 0.05) is 16.0 Å². The zero-order valence-electron chi connectivity index (χ0n) is 8.72. The summed E-state index contributed by atoms with van der Waals surface area (Å²) in [4.78, 5) is 15.4. The van der Waals surface area contributed by atoms with Gasteiger partial charge >= 0.3 is 5.97 Å². The van der Waals surface area contributed by atoms with Crippen molar-refractivity contribution in [3.8, 4) is 5.82 Å². The molecule has 2 aromatic heterocycles. The Morgan fingerprint density at radius 2 is 2.35 bits per heavy atom. The molecule has 0 unspecified atom stereocenters. The molecule has 0 N–H and O–H groups in total. The Labute approximate surface area is 116 Å². The maximum Gasteiger partial charge on any atom is 0.341 e. The van der Waals surface area contributed by atoms with Gasteiger partial charge in [0.25, 0.3) is 0 Å². The van der Waals surface area contributed by atoms with Crippen molar-refractivity contribution in [2.45, 2.75) is 0 Å². The summed E-state index contributed by atoms with van der Waals surface area (Å²) in [6.07, 6.45) is 4.56. The van der Waals surface area contributed by atoms with Crippen LogP contribution in [0.3, 0.4) is 0 Å². The van der Waals surface area contributed by atoms with E-state index in [9.17, 15) is 4.79 Å². The Hall–Kier alpha value is -1.15. The number of esters is 1. The molecule has 2 rings (SSSR count). The van der Waals surface area contributed by atoms with Gasteiger partial charge in [-0.05, 0) is 28.7 Å². The molecule has 0 amide bonds. The maximum absolute atomic E-state index is 11.3. The van der Waals surface area contributed by atoms with E-state index in [2.05, 4.69) is 37.4 Å². The number of nitrogens with zero attached hydrogens (tertiary/aromatic N) is 3. The fourth-order valence-corrected chi connectivity index (χ4v) is 1.83. The lowest BCUT2D eigenvalue weighted by Crippen LogP contribution is -2.01. The second-order valence-electron chi connectivity index (χ2n) is 3.10. The number of rotatable bonds is 2. The molecule has 0 aliphatic rings. The van der Waals surface area contributed by atoms with Crippen molar-refractivity contribution >= 4 is 40.2 Å². The van der Waals surface area contributed by atoms with Gasteiger partial charge in [0.1, 0.15) is 0 Å². The summed E-state index contributed by atoms with van der Waals surface area (Å²) in [6, 6.07) is 1.79. The quantitative estimate of drug-likeness (QED) is 0.607. The van der Waals surface area contributed by atoms with Gasteiger partial charge in [0.05, 0.1) is 23.9 Å². The third kappa shape index (κ3) is 2.42. The van der Waals surface area contributed by atoms with Crippen LogP contribution in [-0.2, 0) is 4.74 Å². The van der Waals surface area contributed by atoms with E-state index >= 15 is 0 Å². The van der Waals surface area contributed by atoms with Crippen molar-refractivity contribution in [2.75, 3.05) is 7.11 Å². The number of aromatic nitrogens is 3. The molecule has 0 radical (unpaired) electrons. The molecule has 0 spiro atoms. The molecular formula is C10H7ClIN3O2. The predicted molar refractivity (Wildman–Crippen MR) is 70.4 cm³/mol. The van der Waals surface area contributed by atoms with E-state index in [1.165, 1.54) is 24.2 Å². The molecular weight excluding hydrogens is 356 g/mol. The Balaban J connectivity index is 2.44. The molecule has 7 heteroatoms. The zero-order valence-corrected chi connectivity index (χ0v) is 11.6. The van der Waals surface area contributed by atoms with Gasteiger partial charge in [-0.1, -0.05) is 11.6 Å². The molecule has 0 atom stereocenters. The highest BCUT2D eigenvalue weighted by atomic mass is 127. The molecule has 0 aliphatic heterocycles. The van der Waals surface area contributed by atoms with Crippen LogP contribution in [0, 0.1) is 3.57 Å². The third-order valence-electron chi connectivity index (χ3n) is 2.04. The molecule has 2 aromatic rings. The minimum atomic E-state index is -0.446. The highest BCUT2D eigenvalue weighted by Gasteiger charge is 2.12. The summed E-state index contributed by atoms with van der Waals surface area (Å²) >= 11 is 8.20. The van der Waals surface area contributed by atoms with E-state index in [4.69, 9.17) is 11.6 Å². The third-order valence-corrected chi connectivity index (χ3v) is 3.63. The fourth-order valence-electron chi connectivity index (χ4n) is 1.23. The Bertz CT molecular complexity index is 570. The second kappa shape index (κ2) is 5.01. The van der Waals surface area contributed by atoms with Gasteiger partial charge in [0.2, 0.25) is 0 Å². The van der Waals surface area contributed by atoms with E-state index in [-0.39, 0.29) is 0 Å². The summed E-state index contributed by atoms with van der Waals surface area (Å²) < 4.78 is 6.90. The Morgan fingerprint density at radius 3 is 3.06 bits per heavy atom. The SMILES string of the molecule is COC(=O)c1cnn(-c2nccc(I)c2Cl)c1. The number of hydrogen-bond donors (Lipinski definition) is 0. The van der Waals surface area contributed by atoms with Gasteiger partial charge in [-0.25, -0.2) is 14.5 Å². The smallest absolute Gasteiger partial charge is 0.341 e. The normalized spacial score (nSPS) is 10.3. The summed E-state index contributed by atoms with van der Waals surface area (Å²) in [5, 5.41) is 4.52. The topological polar surface area (TPSA) is 57.0 Å². The number of carbonyl (C=O) groups is 1. The summed E-state index contributed by atoms with van der Waals surface area (Å²) in [5.74, 6) is 0.0340. The number of methoxy groups -OCH3 is 1. The van der Waals surface area contributed by atoms with E-state index in [1.807, 2.05) is 0 Å². The Morgan fingerprint density at radius 1 is 1.59 bits per heavy atom. The predicted octanol–water partition coefficient (Wildman–Crippen LogP) is 2.31. The molecule has 88 valence electrons. The van der Waals surface area contributed by atoms with Gasteiger partial charge in [-0.15, -0.1) is 0 Å². The minimum Gasteiger partial charge on any atom is -0.465 e. The van der Waals surface area contributed by atoms with Crippen molar-refractivity contribution < 1.29 is 9.53 Å². The van der Waals surface area contributed by atoms with Crippen LogP contribution in [0.5, 0.6) is 0 Å².